The summed E-state index contributed by atoms with van der Waals surface area (Å²) in [5, 5.41) is 1.04. The highest BCUT2D eigenvalue weighted by Gasteiger charge is 2.26. The summed E-state index contributed by atoms with van der Waals surface area (Å²) >= 11 is 0. The molecule has 1 aliphatic heterocycles. The van der Waals surface area contributed by atoms with Gasteiger partial charge in [0.25, 0.3) is 5.91 Å². The molecule has 136 valence electrons. The Kier molecular flexibility index (Phi) is 5.63. The van der Waals surface area contributed by atoms with Gasteiger partial charge in [-0.15, -0.1) is 0 Å². The van der Waals surface area contributed by atoms with Crippen LogP contribution in [-0.4, -0.2) is 49.3 Å². The van der Waals surface area contributed by atoms with Crippen LogP contribution in [0.2, 0.25) is 0 Å². The molecule has 1 saturated heterocycles. The minimum atomic E-state index is 0.133. The second-order valence-corrected chi connectivity index (χ2v) is 6.91. The van der Waals surface area contributed by atoms with Crippen LogP contribution in [0.1, 0.15) is 36.2 Å². The average molecular weight is 344 g/mol. The molecule has 0 aliphatic carbocycles. The molecule has 0 unspecified atom stereocenters. The number of ether oxygens (including phenoxy) is 2. The maximum atomic E-state index is 13.1. The Balaban J connectivity index is 1.75. The SMILES string of the molecule is COCCC[C@H]1CCCN(C(=O)c2cc3cc(OC)ccc3n2C)C1. The van der Waals surface area contributed by atoms with E-state index in [1.54, 1.807) is 14.2 Å². The van der Waals surface area contributed by atoms with Crippen molar-refractivity contribution in [1.82, 2.24) is 9.47 Å². The van der Waals surface area contributed by atoms with Gasteiger partial charge in [0.2, 0.25) is 0 Å². The quantitative estimate of drug-likeness (QED) is 0.754. The fourth-order valence-corrected chi connectivity index (χ4v) is 3.82. The van der Waals surface area contributed by atoms with E-state index in [9.17, 15) is 4.79 Å². The summed E-state index contributed by atoms with van der Waals surface area (Å²) < 4.78 is 12.4. The largest absolute Gasteiger partial charge is 0.497 e. The van der Waals surface area contributed by atoms with Crippen molar-refractivity contribution in [1.29, 1.82) is 0 Å². The molecule has 1 atom stereocenters. The van der Waals surface area contributed by atoms with E-state index in [0.717, 1.165) is 61.3 Å². The number of carbonyl (C=O) groups excluding carboxylic acids is 1. The molecule has 0 bridgehead atoms. The summed E-state index contributed by atoms with van der Waals surface area (Å²) in [5.41, 5.74) is 1.80. The molecule has 1 fully saturated rings. The first kappa shape index (κ1) is 17.8. The van der Waals surface area contributed by atoms with Crippen LogP contribution in [0, 0.1) is 5.92 Å². The monoisotopic (exact) mass is 344 g/mol. The predicted molar refractivity (Wildman–Crippen MR) is 99.2 cm³/mol. The Hall–Kier alpha value is -2.01. The minimum absolute atomic E-state index is 0.133. The zero-order chi connectivity index (χ0) is 17.8. The van der Waals surface area contributed by atoms with Gasteiger partial charge in [0, 0.05) is 44.8 Å². The number of methoxy groups -OCH3 is 2. The van der Waals surface area contributed by atoms with Gasteiger partial charge >= 0.3 is 0 Å². The lowest BCUT2D eigenvalue weighted by Gasteiger charge is -2.33. The molecule has 1 aromatic heterocycles. The fourth-order valence-electron chi connectivity index (χ4n) is 3.82. The summed E-state index contributed by atoms with van der Waals surface area (Å²) in [4.78, 5) is 15.1. The van der Waals surface area contributed by atoms with Gasteiger partial charge < -0.3 is 18.9 Å². The second kappa shape index (κ2) is 7.91. The third-order valence-corrected chi connectivity index (χ3v) is 5.24. The number of fused-ring (bicyclic) bond motifs is 1. The Bertz CT molecular complexity index is 738. The summed E-state index contributed by atoms with van der Waals surface area (Å²) in [6, 6.07) is 7.91. The summed E-state index contributed by atoms with van der Waals surface area (Å²) in [6.07, 6.45) is 4.49. The molecule has 2 aromatic rings. The first-order valence-corrected chi connectivity index (χ1v) is 9.05. The number of hydrogen-bond acceptors (Lipinski definition) is 3. The first-order valence-electron chi connectivity index (χ1n) is 9.05. The molecule has 2 heterocycles. The zero-order valence-electron chi connectivity index (χ0n) is 15.5. The van der Waals surface area contributed by atoms with Crippen LogP contribution in [0.4, 0.5) is 0 Å². The maximum Gasteiger partial charge on any atom is 0.270 e. The molecule has 1 amide bonds. The fraction of sp³-hybridized carbons (Fsp3) is 0.550. The lowest BCUT2D eigenvalue weighted by molar-refractivity contribution is 0.0651. The lowest BCUT2D eigenvalue weighted by atomic mass is 9.93. The van der Waals surface area contributed by atoms with E-state index in [1.165, 1.54) is 6.42 Å². The number of nitrogens with zero attached hydrogens (tertiary/aromatic N) is 2. The number of carbonyl (C=O) groups is 1. The molecule has 3 rings (SSSR count). The van der Waals surface area contributed by atoms with E-state index in [-0.39, 0.29) is 5.91 Å². The van der Waals surface area contributed by atoms with Gasteiger partial charge in [0.1, 0.15) is 11.4 Å². The zero-order valence-corrected chi connectivity index (χ0v) is 15.5. The Morgan fingerprint density at radius 1 is 1.28 bits per heavy atom. The molecule has 0 saturated carbocycles. The third kappa shape index (κ3) is 3.82. The molecule has 0 N–H and O–H groups in total. The molecule has 25 heavy (non-hydrogen) atoms. The van der Waals surface area contributed by atoms with Crippen molar-refractivity contribution in [3.63, 3.8) is 0 Å². The number of aryl methyl sites for hydroxylation is 1. The highest BCUT2D eigenvalue weighted by molar-refractivity contribution is 5.99. The van der Waals surface area contributed by atoms with Gasteiger partial charge in [-0.2, -0.15) is 0 Å². The van der Waals surface area contributed by atoms with Crippen LogP contribution in [0.25, 0.3) is 10.9 Å². The predicted octanol–water partition coefficient (Wildman–Crippen LogP) is 3.47. The summed E-state index contributed by atoms with van der Waals surface area (Å²) in [6.45, 7) is 2.51. The minimum Gasteiger partial charge on any atom is -0.497 e. The molecule has 5 heteroatoms. The topological polar surface area (TPSA) is 43.7 Å². The van der Waals surface area contributed by atoms with Gasteiger partial charge in [-0.05, 0) is 55.9 Å². The maximum absolute atomic E-state index is 13.1. The molecule has 0 radical (unpaired) electrons. The molecule has 5 nitrogen and oxygen atoms in total. The van der Waals surface area contributed by atoms with Crippen molar-refractivity contribution in [2.45, 2.75) is 25.7 Å². The van der Waals surface area contributed by atoms with Gasteiger partial charge in [-0.1, -0.05) is 0 Å². The lowest BCUT2D eigenvalue weighted by Crippen LogP contribution is -2.40. The van der Waals surface area contributed by atoms with Crippen molar-refractivity contribution in [2.75, 3.05) is 33.9 Å². The van der Waals surface area contributed by atoms with Crippen LogP contribution in [0.3, 0.4) is 0 Å². The number of amides is 1. The van der Waals surface area contributed by atoms with Gasteiger partial charge in [0.15, 0.2) is 0 Å². The highest BCUT2D eigenvalue weighted by Crippen LogP contribution is 2.27. The highest BCUT2D eigenvalue weighted by atomic mass is 16.5. The summed E-state index contributed by atoms with van der Waals surface area (Å²) in [5.74, 6) is 1.53. The number of piperidine rings is 1. The summed E-state index contributed by atoms with van der Waals surface area (Å²) in [7, 11) is 5.36. The van der Waals surface area contributed by atoms with Crippen molar-refractivity contribution in [2.24, 2.45) is 13.0 Å². The van der Waals surface area contributed by atoms with E-state index in [1.807, 2.05) is 40.8 Å². The van der Waals surface area contributed by atoms with Crippen molar-refractivity contribution < 1.29 is 14.3 Å². The van der Waals surface area contributed by atoms with Crippen LogP contribution >= 0.6 is 0 Å². The molecule has 1 aliphatic rings. The van der Waals surface area contributed by atoms with E-state index in [4.69, 9.17) is 9.47 Å². The van der Waals surface area contributed by atoms with Crippen molar-refractivity contribution >= 4 is 16.8 Å². The van der Waals surface area contributed by atoms with Crippen molar-refractivity contribution in [3.05, 3.63) is 30.0 Å². The average Bonchev–Trinajstić information content (AvgIpc) is 2.97. The van der Waals surface area contributed by atoms with Gasteiger partial charge in [-0.25, -0.2) is 0 Å². The van der Waals surface area contributed by atoms with E-state index in [0.29, 0.717) is 5.92 Å². The molecular formula is C20H28N2O3. The van der Waals surface area contributed by atoms with Crippen LogP contribution in [0.5, 0.6) is 5.75 Å². The van der Waals surface area contributed by atoms with E-state index < -0.39 is 0 Å². The molecule has 1 aromatic carbocycles. The number of likely N-dealkylation sites (tertiary alicyclic amines) is 1. The van der Waals surface area contributed by atoms with E-state index in [2.05, 4.69) is 0 Å². The van der Waals surface area contributed by atoms with Gasteiger partial charge in [0.05, 0.1) is 7.11 Å². The second-order valence-electron chi connectivity index (χ2n) is 6.91. The third-order valence-electron chi connectivity index (χ3n) is 5.24. The van der Waals surface area contributed by atoms with E-state index >= 15 is 0 Å². The Morgan fingerprint density at radius 2 is 2.12 bits per heavy atom. The van der Waals surface area contributed by atoms with Crippen LogP contribution < -0.4 is 4.74 Å². The normalized spacial score (nSPS) is 17.9. The van der Waals surface area contributed by atoms with Crippen molar-refractivity contribution in [3.8, 4) is 5.75 Å². The smallest absolute Gasteiger partial charge is 0.270 e. The number of hydrogen-bond donors (Lipinski definition) is 0. The van der Waals surface area contributed by atoms with Gasteiger partial charge in [-0.3, -0.25) is 4.79 Å². The Morgan fingerprint density at radius 3 is 2.88 bits per heavy atom. The molecule has 0 spiro atoms. The Labute approximate surface area is 149 Å². The number of aromatic nitrogens is 1. The number of benzene rings is 1. The van der Waals surface area contributed by atoms with Crippen LogP contribution in [0.15, 0.2) is 24.3 Å². The molecular weight excluding hydrogens is 316 g/mol. The number of rotatable bonds is 6. The van der Waals surface area contributed by atoms with Crippen LogP contribution in [-0.2, 0) is 11.8 Å². The standard InChI is InChI=1S/C20H28N2O3/c1-21-18-9-8-17(25-3)12-16(18)13-19(21)20(23)22-10-4-6-15(14-22)7-5-11-24-2/h8-9,12-13,15H,4-7,10-11,14H2,1-3H3/t15-/m1/s1. The first-order chi connectivity index (χ1) is 12.1.